The third-order valence-corrected chi connectivity index (χ3v) is 2.98. The lowest BCUT2D eigenvalue weighted by atomic mass is 10.1. The van der Waals surface area contributed by atoms with Gasteiger partial charge in [0.25, 0.3) is 0 Å². The molecular formula is C14H29N3O. The lowest BCUT2D eigenvalue weighted by Crippen LogP contribution is -2.46. The van der Waals surface area contributed by atoms with Crippen molar-refractivity contribution in [3.05, 3.63) is 12.2 Å². The molecule has 1 amide bonds. The van der Waals surface area contributed by atoms with Crippen LogP contribution in [0.25, 0.3) is 0 Å². The molecule has 0 aromatic heterocycles. The molecular weight excluding hydrogens is 226 g/mol. The summed E-state index contributed by atoms with van der Waals surface area (Å²) in [7, 11) is 0. The summed E-state index contributed by atoms with van der Waals surface area (Å²) < 4.78 is 0. The average molecular weight is 255 g/mol. The summed E-state index contributed by atoms with van der Waals surface area (Å²) in [6, 6.07) is 0. The molecule has 0 fully saturated rings. The molecule has 18 heavy (non-hydrogen) atoms. The van der Waals surface area contributed by atoms with E-state index in [1.165, 1.54) is 0 Å². The van der Waals surface area contributed by atoms with Crippen molar-refractivity contribution < 1.29 is 4.79 Å². The number of nitrogens with zero attached hydrogens (tertiary/aromatic N) is 1. The third-order valence-electron chi connectivity index (χ3n) is 2.98. The average Bonchev–Trinajstić information content (AvgIpc) is 2.34. The van der Waals surface area contributed by atoms with E-state index in [9.17, 15) is 4.79 Å². The summed E-state index contributed by atoms with van der Waals surface area (Å²) in [6.45, 7) is 9.00. The number of rotatable bonds is 10. The highest BCUT2D eigenvalue weighted by atomic mass is 16.2. The molecule has 0 aliphatic rings. The van der Waals surface area contributed by atoms with Crippen molar-refractivity contribution in [2.24, 2.45) is 11.5 Å². The van der Waals surface area contributed by atoms with Gasteiger partial charge in [-0.3, -0.25) is 4.79 Å². The maximum Gasteiger partial charge on any atom is 0.250 e. The van der Waals surface area contributed by atoms with Crippen LogP contribution in [0.15, 0.2) is 12.2 Å². The van der Waals surface area contributed by atoms with Gasteiger partial charge in [0.1, 0.15) is 0 Å². The summed E-state index contributed by atoms with van der Waals surface area (Å²) >= 11 is 0. The molecule has 0 spiro atoms. The predicted molar refractivity (Wildman–Crippen MR) is 76.9 cm³/mol. The standard InChI is InChI=1S/C14H29N3O/c1-4-5-11-17(14(18)12(2)3)13(16)9-7-6-8-10-15/h13H,2,4-11,15-16H2,1,3H3. The zero-order chi connectivity index (χ0) is 14.0. The van der Waals surface area contributed by atoms with E-state index >= 15 is 0 Å². The molecule has 0 saturated heterocycles. The Hall–Kier alpha value is -0.870. The zero-order valence-corrected chi connectivity index (χ0v) is 12.0. The van der Waals surface area contributed by atoms with Gasteiger partial charge < -0.3 is 16.4 Å². The first-order chi connectivity index (χ1) is 8.54. The van der Waals surface area contributed by atoms with Crippen LogP contribution >= 0.6 is 0 Å². The third kappa shape index (κ3) is 6.77. The second kappa shape index (κ2) is 10.1. The van der Waals surface area contributed by atoms with Gasteiger partial charge in [-0.15, -0.1) is 0 Å². The Bertz CT molecular complexity index is 253. The van der Waals surface area contributed by atoms with Gasteiger partial charge in [-0.05, 0) is 32.7 Å². The minimum Gasteiger partial charge on any atom is -0.330 e. The van der Waals surface area contributed by atoms with Crippen LogP contribution in [-0.2, 0) is 4.79 Å². The Morgan fingerprint density at radius 2 is 1.94 bits per heavy atom. The van der Waals surface area contributed by atoms with E-state index in [0.29, 0.717) is 5.57 Å². The molecule has 1 atom stereocenters. The van der Waals surface area contributed by atoms with Gasteiger partial charge in [0.05, 0.1) is 6.17 Å². The van der Waals surface area contributed by atoms with Crippen LogP contribution < -0.4 is 11.5 Å². The van der Waals surface area contributed by atoms with E-state index in [1.54, 1.807) is 11.8 Å². The zero-order valence-electron chi connectivity index (χ0n) is 12.0. The van der Waals surface area contributed by atoms with Crippen LogP contribution in [-0.4, -0.2) is 30.1 Å². The van der Waals surface area contributed by atoms with Gasteiger partial charge in [0, 0.05) is 12.1 Å². The highest BCUT2D eigenvalue weighted by molar-refractivity contribution is 5.92. The SMILES string of the molecule is C=C(C)C(=O)N(CCCC)C(N)CCCCCN. The van der Waals surface area contributed by atoms with Gasteiger partial charge in [0.2, 0.25) is 5.91 Å². The van der Waals surface area contributed by atoms with E-state index in [1.807, 2.05) is 0 Å². The first-order valence-corrected chi connectivity index (χ1v) is 6.96. The van der Waals surface area contributed by atoms with Crippen LogP contribution in [0.2, 0.25) is 0 Å². The first-order valence-electron chi connectivity index (χ1n) is 6.96. The smallest absolute Gasteiger partial charge is 0.250 e. The van der Waals surface area contributed by atoms with Crippen molar-refractivity contribution in [2.75, 3.05) is 13.1 Å². The minimum absolute atomic E-state index is 0.0187. The van der Waals surface area contributed by atoms with Crippen LogP contribution in [0, 0.1) is 0 Å². The molecule has 4 nitrogen and oxygen atoms in total. The Balaban J connectivity index is 4.26. The Labute approximate surface area is 111 Å². The molecule has 106 valence electrons. The van der Waals surface area contributed by atoms with Crippen LogP contribution in [0.3, 0.4) is 0 Å². The molecule has 0 aliphatic heterocycles. The number of hydrogen-bond donors (Lipinski definition) is 2. The molecule has 4 N–H and O–H groups in total. The maximum absolute atomic E-state index is 12.0. The Morgan fingerprint density at radius 1 is 1.28 bits per heavy atom. The molecule has 0 aromatic carbocycles. The Kier molecular flexibility index (Phi) is 9.60. The summed E-state index contributed by atoms with van der Waals surface area (Å²) in [4.78, 5) is 13.8. The Morgan fingerprint density at radius 3 is 2.44 bits per heavy atom. The van der Waals surface area contributed by atoms with E-state index in [4.69, 9.17) is 11.5 Å². The van der Waals surface area contributed by atoms with Crippen molar-refractivity contribution in [2.45, 2.75) is 58.5 Å². The van der Waals surface area contributed by atoms with Gasteiger partial charge in [-0.1, -0.05) is 32.8 Å². The number of nitrogens with two attached hydrogens (primary N) is 2. The summed E-state index contributed by atoms with van der Waals surface area (Å²) in [6.07, 6.45) is 5.80. The van der Waals surface area contributed by atoms with Crippen LogP contribution in [0.1, 0.15) is 52.4 Å². The predicted octanol–water partition coefficient (Wildman–Crippen LogP) is 2.00. The molecule has 0 heterocycles. The molecule has 1 unspecified atom stereocenters. The molecule has 0 rings (SSSR count). The summed E-state index contributed by atoms with van der Waals surface area (Å²) in [5.74, 6) is -0.0187. The van der Waals surface area contributed by atoms with Crippen LogP contribution in [0.4, 0.5) is 0 Å². The fraction of sp³-hybridized carbons (Fsp3) is 0.786. The van der Waals surface area contributed by atoms with Crippen LogP contribution in [0.5, 0.6) is 0 Å². The van der Waals surface area contributed by atoms with E-state index in [-0.39, 0.29) is 12.1 Å². The quantitative estimate of drug-likeness (QED) is 0.356. The second-order valence-electron chi connectivity index (χ2n) is 4.84. The molecule has 0 aliphatic carbocycles. The fourth-order valence-electron chi connectivity index (χ4n) is 1.82. The van der Waals surface area contributed by atoms with E-state index in [2.05, 4.69) is 13.5 Å². The topological polar surface area (TPSA) is 72.3 Å². The monoisotopic (exact) mass is 255 g/mol. The van der Waals surface area contributed by atoms with Crippen molar-refractivity contribution in [3.8, 4) is 0 Å². The van der Waals surface area contributed by atoms with E-state index < -0.39 is 0 Å². The number of unbranched alkanes of at least 4 members (excludes halogenated alkanes) is 3. The number of carbonyl (C=O) groups excluding carboxylic acids is 1. The molecule has 0 saturated carbocycles. The van der Waals surface area contributed by atoms with Gasteiger partial charge in [0.15, 0.2) is 0 Å². The number of amides is 1. The minimum atomic E-state index is -0.196. The number of hydrogen-bond acceptors (Lipinski definition) is 3. The highest BCUT2D eigenvalue weighted by Gasteiger charge is 2.19. The molecule has 0 radical (unpaired) electrons. The van der Waals surface area contributed by atoms with E-state index in [0.717, 1.165) is 51.6 Å². The highest BCUT2D eigenvalue weighted by Crippen LogP contribution is 2.10. The van der Waals surface area contributed by atoms with Gasteiger partial charge >= 0.3 is 0 Å². The number of carbonyl (C=O) groups is 1. The fourth-order valence-corrected chi connectivity index (χ4v) is 1.82. The second-order valence-corrected chi connectivity index (χ2v) is 4.84. The largest absolute Gasteiger partial charge is 0.330 e. The van der Waals surface area contributed by atoms with Crippen molar-refractivity contribution in [1.82, 2.24) is 4.90 Å². The lowest BCUT2D eigenvalue weighted by Gasteiger charge is -2.29. The molecule has 0 aromatic rings. The molecule has 4 heteroatoms. The normalized spacial score (nSPS) is 12.2. The van der Waals surface area contributed by atoms with Gasteiger partial charge in [-0.25, -0.2) is 0 Å². The van der Waals surface area contributed by atoms with Crippen molar-refractivity contribution >= 4 is 5.91 Å². The first kappa shape index (κ1) is 17.1. The molecule has 0 bridgehead atoms. The lowest BCUT2D eigenvalue weighted by molar-refractivity contribution is -0.129. The van der Waals surface area contributed by atoms with Crippen molar-refractivity contribution in [1.29, 1.82) is 0 Å². The maximum atomic E-state index is 12.0. The van der Waals surface area contributed by atoms with Gasteiger partial charge in [-0.2, -0.15) is 0 Å². The summed E-state index contributed by atoms with van der Waals surface area (Å²) in [5, 5.41) is 0. The summed E-state index contributed by atoms with van der Waals surface area (Å²) in [5.41, 5.74) is 12.1. The van der Waals surface area contributed by atoms with Crippen molar-refractivity contribution in [3.63, 3.8) is 0 Å².